The molecule has 1 aromatic heterocycles. The molecule has 2 fully saturated rings. The van der Waals surface area contributed by atoms with E-state index in [-0.39, 0.29) is 18.0 Å². The van der Waals surface area contributed by atoms with E-state index in [1.165, 1.54) is 11.8 Å². The van der Waals surface area contributed by atoms with Gasteiger partial charge in [0.1, 0.15) is 5.03 Å². The van der Waals surface area contributed by atoms with Gasteiger partial charge in [-0.05, 0) is 37.7 Å². The molecule has 3 heterocycles. The Morgan fingerprint density at radius 2 is 2.25 bits per heavy atom. The predicted molar refractivity (Wildman–Crippen MR) is 74.7 cm³/mol. The Labute approximate surface area is 121 Å². The highest BCUT2D eigenvalue weighted by molar-refractivity contribution is 7.98. The summed E-state index contributed by atoms with van der Waals surface area (Å²) in [7, 11) is 0. The quantitative estimate of drug-likeness (QED) is 0.861. The molecule has 2 bridgehead atoms. The van der Waals surface area contributed by atoms with Gasteiger partial charge >= 0.3 is 5.97 Å². The standard InChI is InChI=1S/C14H16N2O3S/c1-20-12-9(3-2-6-15-12)13(17)16-8-4-5-11(16)10(7-8)14(18)19/h2-3,6,8,10-11H,4-5,7H2,1H3,(H,18,19). The lowest BCUT2D eigenvalue weighted by Gasteiger charge is -2.23. The minimum atomic E-state index is -0.786. The van der Waals surface area contributed by atoms with Crippen LogP contribution in [-0.4, -0.2) is 45.2 Å². The molecule has 3 unspecified atom stereocenters. The summed E-state index contributed by atoms with van der Waals surface area (Å²) in [5, 5.41) is 9.96. The van der Waals surface area contributed by atoms with Crippen molar-refractivity contribution >= 4 is 23.6 Å². The minimum Gasteiger partial charge on any atom is -0.481 e. The van der Waals surface area contributed by atoms with Gasteiger partial charge in [0.05, 0.1) is 11.5 Å². The lowest BCUT2D eigenvalue weighted by Crippen LogP contribution is -2.38. The molecule has 3 rings (SSSR count). The summed E-state index contributed by atoms with van der Waals surface area (Å²) in [6.45, 7) is 0. The summed E-state index contributed by atoms with van der Waals surface area (Å²) in [6.07, 6.45) is 5.84. The molecule has 0 aromatic carbocycles. The Hall–Kier alpha value is -1.56. The number of carboxylic acid groups (broad SMARTS) is 1. The number of nitrogens with zero attached hydrogens (tertiary/aromatic N) is 2. The van der Waals surface area contributed by atoms with Crippen molar-refractivity contribution in [3.8, 4) is 0 Å². The molecule has 0 aliphatic carbocycles. The van der Waals surface area contributed by atoms with Gasteiger partial charge in [0.15, 0.2) is 0 Å². The molecular weight excluding hydrogens is 276 g/mol. The maximum Gasteiger partial charge on any atom is 0.308 e. The Morgan fingerprint density at radius 3 is 2.90 bits per heavy atom. The van der Waals surface area contributed by atoms with E-state index in [0.29, 0.717) is 17.0 Å². The predicted octanol–water partition coefficient (Wildman–Crippen LogP) is 1.88. The van der Waals surface area contributed by atoms with Crippen molar-refractivity contribution in [1.29, 1.82) is 0 Å². The molecule has 2 aliphatic rings. The number of rotatable bonds is 3. The van der Waals surface area contributed by atoms with Gasteiger partial charge in [0.2, 0.25) is 0 Å². The highest BCUT2D eigenvalue weighted by atomic mass is 32.2. The van der Waals surface area contributed by atoms with Crippen LogP contribution in [0.4, 0.5) is 0 Å². The van der Waals surface area contributed by atoms with Crippen LogP contribution in [0.5, 0.6) is 0 Å². The molecule has 0 saturated carbocycles. The number of hydrogen-bond acceptors (Lipinski definition) is 4. The van der Waals surface area contributed by atoms with E-state index >= 15 is 0 Å². The molecule has 0 spiro atoms. The molecule has 1 amide bonds. The molecule has 1 aromatic rings. The SMILES string of the molecule is CSc1ncccc1C(=O)N1C2CCC1C(C(=O)O)C2. The summed E-state index contributed by atoms with van der Waals surface area (Å²) < 4.78 is 0. The van der Waals surface area contributed by atoms with E-state index in [9.17, 15) is 14.7 Å². The Morgan fingerprint density at radius 1 is 1.45 bits per heavy atom. The van der Waals surface area contributed by atoms with Crippen LogP contribution in [0.25, 0.3) is 0 Å². The summed E-state index contributed by atoms with van der Waals surface area (Å²) in [5.74, 6) is -1.27. The van der Waals surface area contributed by atoms with E-state index in [1.807, 2.05) is 6.26 Å². The van der Waals surface area contributed by atoms with Gasteiger partial charge in [-0.3, -0.25) is 9.59 Å². The zero-order valence-electron chi connectivity index (χ0n) is 11.2. The van der Waals surface area contributed by atoms with E-state index < -0.39 is 11.9 Å². The number of carbonyl (C=O) groups is 2. The Bertz CT molecular complexity index is 563. The maximum atomic E-state index is 12.7. The third kappa shape index (κ3) is 1.98. The number of carboxylic acids is 1. The summed E-state index contributed by atoms with van der Waals surface area (Å²) in [4.78, 5) is 30.0. The summed E-state index contributed by atoms with van der Waals surface area (Å²) in [5.41, 5.74) is 0.586. The van der Waals surface area contributed by atoms with Gasteiger partial charge < -0.3 is 10.0 Å². The molecule has 106 valence electrons. The molecule has 2 aliphatic heterocycles. The fourth-order valence-corrected chi connectivity index (χ4v) is 3.97. The molecule has 1 N–H and O–H groups in total. The van der Waals surface area contributed by atoms with Crippen molar-refractivity contribution in [3.63, 3.8) is 0 Å². The van der Waals surface area contributed by atoms with Crippen molar-refractivity contribution in [2.75, 3.05) is 6.26 Å². The maximum absolute atomic E-state index is 12.7. The third-order valence-electron chi connectivity index (χ3n) is 4.28. The largest absolute Gasteiger partial charge is 0.481 e. The van der Waals surface area contributed by atoms with Crippen LogP contribution in [0.3, 0.4) is 0 Å². The zero-order valence-corrected chi connectivity index (χ0v) is 12.0. The molecule has 3 atom stereocenters. The first-order valence-electron chi connectivity index (χ1n) is 6.68. The summed E-state index contributed by atoms with van der Waals surface area (Å²) in [6, 6.07) is 3.44. The smallest absolute Gasteiger partial charge is 0.308 e. The molecule has 2 saturated heterocycles. The lowest BCUT2D eigenvalue weighted by atomic mass is 9.89. The second kappa shape index (κ2) is 5.09. The van der Waals surface area contributed by atoms with Crippen LogP contribution in [0.2, 0.25) is 0 Å². The van der Waals surface area contributed by atoms with E-state index in [2.05, 4.69) is 4.98 Å². The highest BCUT2D eigenvalue weighted by Gasteiger charge is 2.51. The third-order valence-corrected chi connectivity index (χ3v) is 5.00. The van der Waals surface area contributed by atoms with Crippen molar-refractivity contribution in [1.82, 2.24) is 9.88 Å². The number of carbonyl (C=O) groups excluding carboxylic acids is 1. The average Bonchev–Trinajstić information content (AvgIpc) is 3.04. The monoisotopic (exact) mass is 292 g/mol. The topological polar surface area (TPSA) is 70.5 Å². The highest BCUT2D eigenvalue weighted by Crippen LogP contribution is 2.43. The number of pyridine rings is 1. The van der Waals surface area contributed by atoms with Gasteiger partial charge in [-0.1, -0.05) is 0 Å². The second-order valence-electron chi connectivity index (χ2n) is 5.25. The molecule has 6 heteroatoms. The first-order valence-corrected chi connectivity index (χ1v) is 7.90. The molecular formula is C14H16N2O3S. The van der Waals surface area contributed by atoms with Crippen molar-refractivity contribution in [3.05, 3.63) is 23.9 Å². The van der Waals surface area contributed by atoms with Crippen LogP contribution in [0.15, 0.2) is 23.4 Å². The summed E-state index contributed by atoms with van der Waals surface area (Å²) >= 11 is 1.44. The van der Waals surface area contributed by atoms with Crippen molar-refractivity contribution in [2.45, 2.75) is 36.4 Å². The first-order chi connectivity index (χ1) is 9.63. The average molecular weight is 292 g/mol. The first kappa shape index (κ1) is 13.4. The molecule has 20 heavy (non-hydrogen) atoms. The minimum absolute atomic E-state index is 0.0706. The number of aliphatic carboxylic acids is 1. The number of hydrogen-bond donors (Lipinski definition) is 1. The normalized spacial score (nSPS) is 27.9. The van der Waals surface area contributed by atoms with Crippen LogP contribution in [0, 0.1) is 5.92 Å². The Kier molecular flexibility index (Phi) is 3.41. The van der Waals surface area contributed by atoms with Crippen LogP contribution >= 0.6 is 11.8 Å². The second-order valence-corrected chi connectivity index (χ2v) is 6.05. The number of thioether (sulfide) groups is 1. The van der Waals surface area contributed by atoms with Crippen molar-refractivity contribution < 1.29 is 14.7 Å². The van der Waals surface area contributed by atoms with Crippen molar-refractivity contribution in [2.24, 2.45) is 5.92 Å². The van der Waals surface area contributed by atoms with Crippen LogP contribution in [-0.2, 0) is 4.79 Å². The van der Waals surface area contributed by atoms with Gasteiger partial charge in [-0.25, -0.2) is 4.98 Å². The van der Waals surface area contributed by atoms with Crippen LogP contribution in [0.1, 0.15) is 29.6 Å². The van der Waals surface area contributed by atoms with E-state index in [4.69, 9.17) is 0 Å². The van der Waals surface area contributed by atoms with Crippen LogP contribution < -0.4 is 0 Å². The van der Waals surface area contributed by atoms with E-state index in [0.717, 1.165) is 12.8 Å². The number of fused-ring (bicyclic) bond motifs is 2. The number of aromatic nitrogens is 1. The Balaban J connectivity index is 1.90. The van der Waals surface area contributed by atoms with Gasteiger partial charge in [-0.15, -0.1) is 11.8 Å². The lowest BCUT2D eigenvalue weighted by molar-refractivity contribution is -0.142. The fraction of sp³-hybridized carbons (Fsp3) is 0.500. The number of amides is 1. The van der Waals surface area contributed by atoms with Gasteiger partial charge in [0, 0.05) is 18.3 Å². The van der Waals surface area contributed by atoms with Gasteiger partial charge in [0.25, 0.3) is 5.91 Å². The zero-order chi connectivity index (χ0) is 14.3. The fourth-order valence-electron chi connectivity index (χ4n) is 3.43. The molecule has 5 nitrogen and oxygen atoms in total. The van der Waals surface area contributed by atoms with E-state index in [1.54, 1.807) is 23.2 Å². The van der Waals surface area contributed by atoms with Gasteiger partial charge in [-0.2, -0.15) is 0 Å². The molecule has 0 radical (unpaired) electrons.